The lowest BCUT2D eigenvalue weighted by Gasteiger charge is -2.11. The smallest absolute Gasteiger partial charge is 0.341 e. The number of carbonyl (C=O) groups is 2. The quantitative estimate of drug-likeness (QED) is 0.485. The molecular formula is C22H20ClNO5S. The van der Waals surface area contributed by atoms with Crippen LogP contribution in [0, 0.1) is 0 Å². The van der Waals surface area contributed by atoms with Gasteiger partial charge in [-0.15, -0.1) is 11.3 Å². The molecule has 1 heterocycles. The van der Waals surface area contributed by atoms with Crippen molar-refractivity contribution in [1.29, 1.82) is 0 Å². The number of benzene rings is 2. The summed E-state index contributed by atoms with van der Waals surface area (Å²) in [5, 5.41) is 5.43. The van der Waals surface area contributed by atoms with E-state index in [4.69, 9.17) is 25.8 Å². The van der Waals surface area contributed by atoms with Crippen molar-refractivity contribution < 1.29 is 23.8 Å². The normalized spacial score (nSPS) is 10.4. The van der Waals surface area contributed by atoms with Gasteiger partial charge in [-0.05, 0) is 42.8 Å². The molecule has 0 saturated carbocycles. The lowest BCUT2D eigenvalue weighted by atomic mass is 10.0. The Balaban J connectivity index is 2.02. The Hall–Kier alpha value is -3.03. The van der Waals surface area contributed by atoms with E-state index in [-0.39, 0.29) is 18.1 Å². The van der Waals surface area contributed by atoms with E-state index >= 15 is 0 Å². The molecule has 0 bridgehead atoms. The molecule has 8 heteroatoms. The number of anilines is 1. The van der Waals surface area contributed by atoms with Gasteiger partial charge >= 0.3 is 5.97 Å². The van der Waals surface area contributed by atoms with Gasteiger partial charge in [0, 0.05) is 21.5 Å². The number of hydrogen-bond acceptors (Lipinski definition) is 6. The van der Waals surface area contributed by atoms with Gasteiger partial charge in [-0.2, -0.15) is 0 Å². The van der Waals surface area contributed by atoms with Gasteiger partial charge in [-0.1, -0.05) is 23.7 Å². The first kappa shape index (κ1) is 21.7. The molecule has 0 aliphatic rings. The molecule has 0 spiro atoms. The molecule has 6 nitrogen and oxygen atoms in total. The highest BCUT2D eigenvalue weighted by Gasteiger charge is 2.24. The number of carbonyl (C=O) groups excluding carboxylic acids is 2. The molecule has 0 radical (unpaired) electrons. The SMILES string of the molecule is CCOC(=O)c1c(-c2ccc(OC)c(OC)c2)csc1NC(=O)c1cccc(Cl)c1. The van der Waals surface area contributed by atoms with Gasteiger partial charge < -0.3 is 19.5 Å². The molecule has 3 aromatic rings. The molecule has 0 aliphatic heterocycles. The van der Waals surface area contributed by atoms with Crippen molar-refractivity contribution in [2.45, 2.75) is 6.92 Å². The molecule has 156 valence electrons. The molecule has 1 aromatic heterocycles. The standard InChI is InChI=1S/C22H20ClNO5S/c1-4-29-22(26)19-16(13-8-9-17(27-2)18(11-13)28-3)12-30-21(19)24-20(25)14-6-5-7-15(23)10-14/h5-12H,4H2,1-3H3,(H,24,25). The average Bonchev–Trinajstić information content (AvgIpc) is 3.16. The van der Waals surface area contributed by atoms with Crippen LogP contribution in [0.15, 0.2) is 47.8 Å². The van der Waals surface area contributed by atoms with E-state index in [2.05, 4.69) is 5.32 Å². The zero-order chi connectivity index (χ0) is 21.7. The Kier molecular flexibility index (Phi) is 6.97. The molecule has 0 unspecified atom stereocenters. The molecule has 0 saturated heterocycles. The lowest BCUT2D eigenvalue weighted by Crippen LogP contribution is -2.14. The van der Waals surface area contributed by atoms with Crippen LogP contribution >= 0.6 is 22.9 Å². The zero-order valence-electron chi connectivity index (χ0n) is 16.7. The van der Waals surface area contributed by atoms with E-state index in [1.807, 2.05) is 6.07 Å². The zero-order valence-corrected chi connectivity index (χ0v) is 18.2. The summed E-state index contributed by atoms with van der Waals surface area (Å²) >= 11 is 7.22. The summed E-state index contributed by atoms with van der Waals surface area (Å²) in [4.78, 5) is 25.4. The van der Waals surface area contributed by atoms with Crippen molar-refractivity contribution in [3.05, 3.63) is 64.0 Å². The predicted molar refractivity (Wildman–Crippen MR) is 118 cm³/mol. The number of hydrogen-bond donors (Lipinski definition) is 1. The third kappa shape index (κ3) is 4.58. The van der Waals surface area contributed by atoms with Gasteiger partial charge in [0.25, 0.3) is 5.91 Å². The van der Waals surface area contributed by atoms with E-state index in [1.54, 1.807) is 55.8 Å². The molecule has 1 amide bonds. The first-order valence-electron chi connectivity index (χ1n) is 9.06. The fourth-order valence-corrected chi connectivity index (χ4v) is 4.02. The first-order valence-corrected chi connectivity index (χ1v) is 10.3. The van der Waals surface area contributed by atoms with Crippen LogP contribution in [0.2, 0.25) is 5.02 Å². The number of thiophene rings is 1. The topological polar surface area (TPSA) is 73.9 Å². The molecule has 0 fully saturated rings. The summed E-state index contributed by atoms with van der Waals surface area (Å²) in [5.74, 6) is 0.206. The van der Waals surface area contributed by atoms with Gasteiger partial charge in [0.05, 0.1) is 20.8 Å². The minimum atomic E-state index is -0.523. The second-order valence-corrected chi connectivity index (χ2v) is 7.42. The highest BCUT2D eigenvalue weighted by atomic mass is 35.5. The van der Waals surface area contributed by atoms with Crippen molar-refractivity contribution in [2.24, 2.45) is 0 Å². The van der Waals surface area contributed by atoms with Crippen LogP contribution in [-0.4, -0.2) is 32.7 Å². The van der Waals surface area contributed by atoms with Gasteiger partial charge in [-0.25, -0.2) is 4.79 Å². The first-order chi connectivity index (χ1) is 14.5. The minimum absolute atomic E-state index is 0.210. The van der Waals surface area contributed by atoms with Gasteiger partial charge in [0.2, 0.25) is 0 Å². The Morgan fingerprint density at radius 1 is 1.07 bits per heavy atom. The Morgan fingerprint density at radius 2 is 1.83 bits per heavy atom. The molecule has 2 aromatic carbocycles. The molecule has 30 heavy (non-hydrogen) atoms. The summed E-state index contributed by atoms with van der Waals surface area (Å²) < 4.78 is 15.9. The highest BCUT2D eigenvalue weighted by molar-refractivity contribution is 7.15. The van der Waals surface area contributed by atoms with Crippen molar-refractivity contribution in [2.75, 3.05) is 26.1 Å². The van der Waals surface area contributed by atoms with E-state index in [9.17, 15) is 9.59 Å². The van der Waals surface area contributed by atoms with Crippen LogP contribution < -0.4 is 14.8 Å². The predicted octanol–water partition coefficient (Wildman–Crippen LogP) is 5.51. The Morgan fingerprint density at radius 3 is 2.50 bits per heavy atom. The largest absolute Gasteiger partial charge is 0.493 e. The maximum Gasteiger partial charge on any atom is 0.341 e. The summed E-state index contributed by atoms with van der Waals surface area (Å²) in [7, 11) is 3.09. The maximum atomic E-state index is 12.7. The van der Waals surface area contributed by atoms with Crippen LogP contribution in [0.1, 0.15) is 27.6 Å². The molecule has 0 atom stereocenters. The molecule has 1 N–H and O–H groups in total. The van der Waals surface area contributed by atoms with Crippen molar-refractivity contribution >= 4 is 39.8 Å². The van der Waals surface area contributed by atoms with Gasteiger partial charge in [-0.3, -0.25) is 4.79 Å². The third-order valence-corrected chi connectivity index (χ3v) is 5.41. The Bertz CT molecular complexity index is 1080. The highest BCUT2D eigenvalue weighted by Crippen LogP contribution is 2.39. The van der Waals surface area contributed by atoms with Crippen LogP contribution in [-0.2, 0) is 4.74 Å². The van der Waals surface area contributed by atoms with E-state index in [0.717, 1.165) is 5.56 Å². The number of esters is 1. The third-order valence-electron chi connectivity index (χ3n) is 4.28. The van der Waals surface area contributed by atoms with Gasteiger partial charge in [0.15, 0.2) is 11.5 Å². The number of rotatable bonds is 7. The van der Waals surface area contributed by atoms with Crippen molar-refractivity contribution in [3.8, 4) is 22.6 Å². The molecular weight excluding hydrogens is 426 g/mol. The minimum Gasteiger partial charge on any atom is -0.493 e. The van der Waals surface area contributed by atoms with Crippen LogP contribution in [0.4, 0.5) is 5.00 Å². The summed E-state index contributed by atoms with van der Waals surface area (Å²) in [6.45, 7) is 1.94. The molecule has 0 aliphatic carbocycles. The monoisotopic (exact) mass is 445 g/mol. The maximum absolute atomic E-state index is 12.7. The Labute approximate surface area is 183 Å². The van der Waals surface area contributed by atoms with Crippen LogP contribution in [0.5, 0.6) is 11.5 Å². The van der Waals surface area contributed by atoms with Crippen molar-refractivity contribution in [3.63, 3.8) is 0 Å². The summed E-state index contributed by atoms with van der Waals surface area (Å²) in [6.07, 6.45) is 0. The lowest BCUT2D eigenvalue weighted by molar-refractivity contribution is 0.0529. The second-order valence-electron chi connectivity index (χ2n) is 6.11. The van der Waals surface area contributed by atoms with E-state index in [1.165, 1.54) is 18.4 Å². The fraction of sp³-hybridized carbons (Fsp3) is 0.182. The number of ether oxygens (including phenoxy) is 3. The average molecular weight is 446 g/mol. The van der Waals surface area contributed by atoms with E-state index < -0.39 is 5.97 Å². The van der Waals surface area contributed by atoms with Crippen molar-refractivity contribution in [1.82, 2.24) is 0 Å². The molecule has 3 rings (SSSR count). The number of nitrogens with one attached hydrogen (secondary N) is 1. The fourth-order valence-electron chi connectivity index (χ4n) is 2.88. The second kappa shape index (κ2) is 9.65. The van der Waals surface area contributed by atoms with Gasteiger partial charge in [0.1, 0.15) is 10.6 Å². The summed E-state index contributed by atoms with van der Waals surface area (Å²) in [5.41, 5.74) is 2.03. The van der Waals surface area contributed by atoms with Crippen LogP contribution in [0.3, 0.4) is 0 Å². The van der Waals surface area contributed by atoms with Crippen LogP contribution in [0.25, 0.3) is 11.1 Å². The van der Waals surface area contributed by atoms with E-state index in [0.29, 0.717) is 32.6 Å². The number of methoxy groups -OCH3 is 2. The summed E-state index contributed by atoms with van der Waals surface area (Å²) in [6, 6.07) is 11.9. The number of halogens is 1. The number of amides is 1.